The van der Waals surface area contributed by atoms with Gasteiger partial charge in [0.25, 0.3) is 0 Å². The van der Waals surface area contributed by atoms with Gasteiger partial charge in [-0.1, -0.05) is 158 Å². The van der Waals surface area contributed by atoms with Crippen molar-refractivity contribution in [2.45, 2.75) is 0 Å². The fraction of sp³-hybridized carbons (Fsp3) is 0. The van der Waals surface area contributed by atoms with Crippen LogP contribution in [0.25, 0.3) is 82.4 Å². The van der Waals surface area contributed by atoms with Crippen LogP contribution in [0.1, 0.15) is 0 Å². The third kappa shape index (κ3) is 6.00. The molecule has 58 heavy (non-hydrogen) atoms. The van der Waals surface area contributed by atoms with E-state index in [9.17, 15) is 0 Å². The minimum absolute atomic E-state index is 1.10. The van der Waals surface area contributed by atoms with E-state index in [4.69, 9.17) is 0 Å². The van der Waals surface area contributed by atoms with Gasteiger partial charge in [0.1, 0.15) is 0 Å². The number of benzene rings is 10. The molecule has 0 saturated heterocycles. The van der Waals surface area contributed by atoms with Crippen LogP contribution < -0.4 is 4.90 Å². The molecule has 11 aromatic rings. The monoisotopic (exact) mass is 738 g/mol. The lowest BCUT2D eigenvalue weighted by molar-refractivity contribution is 1.18. The smallest absolute Gasteiger partial charge is 0.0561 e. The second-order valence-electron chi connectivity index (χ2n) is 15.0. The predicted molar refractivity (Wildman–Crippen MR) is 247 cm³/mol. The largest absolute Gasteiger partial charge is 0.310 e. The van der Waals surface area contributed by atoms with Crippen molar-refractivity contribution in [3.8, 4) is 39.1 Å². The van der Waals surface area contributed by atoms with Crippen LogP contribution in [0.3, 0.4) is 0 Å². The van der Waals surface area contributed by atoms with Crippen LogP contribution in [0.5, 0.6) is 0 Å². The summed E-state index contributed by atoms with van der Waals surface area (Å²) in [5, 5.41) is 7.36. The second-order valence-corrected chi connectivity index (χ2v) is 15.0. The maximum atomic E-state index is 2.40. The van der Waals surface area contributed by atoms with Gasteiger partial charge in [-0.15, -0.1) is 0 Å². The van der Waals surface area contributed by atoms with E-state index in [1.807, 2.05) is 0 Å². The van der Waals surface area contributed by atoms with E-state index in [-0.39, 0.29) is 0 Å². The Morgan fingerprint density at radius 3 is 1.36 bits per heavy atom. The molecule has 0 fully saturated rings. The second kappa shape index (κ2) is 14.1. The lowest BCUT2D eigenvalue weighted by Gasteiger charge is -2.27. The molecule has 0 radical (unpaired) electrons. The first kappa shape index (κ1) is 33.6. The highest BCUT2D eigenvalue weighted by Crippen LogP contribution is 2.42. The molecule has 10 aromatic carbocycles. The van der Waals surface area contributed by atoms with Gasteiger partial charge in [-0.05, 0) is 128 Å². The van der Waals surface area contributed by atoms with Crippen LogP contribution >= 0.6 is 0 Å². The number of para-hydroxylation sites is 2. The zero-order valence-corrected chi connectivity index (χ0v) is 31.8. The molecule has 0 N–H and O–H groups in total. The highest BCUT2D eigenvalue weighted by molar-refractivity contribution is 6.10. The van der Waals surface area contributed by atoms with Crippen molar-refractivity contribution in [1.29, 1.82) is 0 Å². The van der Waals surface area contributed by atoms with Gasteiger partial charge in [0.05, 0.1) is 11.0 Å². The van der Waals surface area contributed by atoms with Crippen molar-refractivity contribution in [2.75, 3.05) is 4.90 Å². The summed E-state index contributed by atoms with van der Waals surface area (Å²) in [6.45, 7) is 0. The predicted octanol–water partition coefficient (Wildman–Crippen LogP) is 15.6. The Bertz CT molecular complexity index is 3270. The zero-order valence-electron chi connectivity index (χ0n) is 31.8. The lowest BCUT2D eigenvalue weighted by atomic mass is 9.96. The van der Waals surface area contributed by atoms with E-state index >= 15 is 0 Å². The van der Waals surface area contributed by atoms with Crippen LogP contribution in [0.4, 0.5) is 17.1 Å². The minimum Gasteiger partial charge on any atom is -0.310 e. The number of hydrogen-bond acceptors (Lipinski definition) is 1. The van der Waals surface area contributed by atoms with E-state index < -0.39 is 0 Å². The molecule has 0 amide bonds. The number of anilines is 3. The summed E-state index contributed by atoms with van der Waals surface area (Å²) in [5.74, 6) is 0. The summed E-state index contributed by atoms with van der Waals surface area (Å²) in [6.07, 6.45) is 0. The van der Waals surface area contributed by atoms with Gasteiger partial charge in [0, 0.05) is 33.5 Å². The van der Waals surface area contributed by atoms with Crippen molar-refractivity contribution in [3.63, 3.8) is 0 Å². The molecular weight excluding hydrogens is 701 g/mol. The molecule has 272 valence electrons. The molecule has 0 aliphatic rings. The molecule has 2 nitrogen and oxygen atoms in total. The summed E-state index contributed by atoms with van der Waals surface area (Å²) < 4.78 is 2.39. The van der Waals surface area contributed by atoms with E-state index in [0.717, 1.165) is 22.7 Å². The van der Waals surface area contributed by atoms with Gasteiger partial charge < -0.3 is 9.47 Å². The maximum absolute atomic E-state index is 2.40. The summed E-state index contributed by atoms with van der Waals surface area (Å²) in [5.41, 5.74) is 14.1. The Balaban J connectivity index is 1.03. The number of rotatable bonds is 7. The van der Waals surface area contributed by atoms with E-state index in [1.54, 1.807) is 0 Å². The first-order valence-electron chi connectivity index (χ1n) is 19.9. The average Bonchev–Trinajstić information content (AvgIpc) is 3.63. The summed E-state index contributed by atoms with van der Waals surface area (Å²) >= 11 is 0. The minimum atomic E-state index is 1.10. The van der Waals surface area contributed by atoms with Crippen molar-refractivity contribution in [1.82, 2.24) is 4.57 Å². The molecule has 0 aliphatic heterocycles. The standard InChI is InChI=1S/C56H38N2/c1-4-13-39(14-5-1)41-17-12-20-50(36-41)57(52-31-32-54-53-21-10-11-22-55(53)58(56(54)38-52)49-18-8-3-9-19-49)51-30-29-47-35-46(27-28-48(47)37-51)45-26-25-43-33-42(23-24-44(43)34-45)40-15-6-2-7-16-40/h1-38H. The fourth-order valence-electron chi connectivity index (χ4n) is 8.64. The Morgan fingerprint density at radius 2 is 0.707 bits per heavy atom. The summed E-state index contributed by atoms with van der Waals surface area (Å²) in [7, 11) is 0. The van der Waals surface area contributed by atoms with Crippen molar-refractivity contribution in [2.24, 2.45) is 0 Å². The van der Waals surface area contributed by atoms with Crippen molar-refractivity contribution in [3.05, 3.63) is 231 Å². The van der Waals surface area contributed by atoms with Gasteiger partial charge in [0.2, 0.25) is 0 Å². The molecule has 11 rings (SSSR count). The lowest BCUT2D eigenvalue weighted by Crippen LogP contribution is -2.10. The fourth-order valence-corrected chi connectivity index (χ4v) is 8.64. The molecule has 1 aromatic heterocycles. The Hall–Kier alpha value is -7.68. The van der Waals surface area contributed by atoms with Gasteiger partial charge in [0.15, 0.2) is 0 Å². The van der Waals surface area contributed by atoms with Crippen LogP contribution in [-0.2, 0) is 0 Å². The van der Waals surface area contributed by atoms with Crippen LogP contribution in [0.2, 0.25) is 0 Å². The molecule has 2 heteroatoms. The molecule has 0 unspecified atom stereocenters. The number of hydrogen-bond donors (Lipinski definition) is 0. The molecule has 0 atom stereocenters. The molecular formula is C56H38N2. The van der Waals surface area contributed by atoms with Crippen molar-refractivity contribution >= 4 is 60.4 Å². The zero-order chi connectivity index (χ0) is 38.4. The maximum Gasteiger partial charge on any atom is 0.0561 e. The Morgan fingerprint density at radius 1 is 0.259 bits per heavy atom. The molecule has 0 saturated carbocycles. The highest BCUT2D eigenvalue weighted by Gasteiger charge is 2.18. The number of aromatic nitrogens is 1. The molecule has 0 spiro atoms. The Labute approximate surface area is 338 Å². The average molecular weight is 739 g/mol. The normalized spacial score (nSPS) is 11.4. The SMILES string of the molecule is c1ccc(-c2cccc(N(c3ccc4cc(-c5ccc6cc(-c7ccccc7)ccc6c5)ccc4c3)c3ccc4c5ccccc5n(-c5ccccc5)c4c3)c2)cc1. The van der Waals surface area contributed by atoms with Gasteiger partial charge in [-0.2, -0.15) is 0 Å². The molecule has 1 heterocycles. The third-order valence-electron chi connectivity index (χ3n) is 11.5. The van der Waals surface area contributed by atoms with Gasteiger partial charge in [-0.25, -0.2) is 0 Å². The first-order chi connectivity index (χ1) is 28.7. The summed E-state index contributed by atoms with van der Waals surface area (Å²) in [4.78, 5) is 2.40. The molecule has 0 bridgehead atoms. The van der Waals surface area contributed by atoms with Crippen molar-refractivity contribution < 1.29 is 0 Å². The number of fused-ring (bicyclic) bond motifs is 5. The van der Waals surface area contributed by atoms with E-state index in [0.29, 0.717) is 0 Å². The topological polar surface area (TPSA) is 8.17 Å². The van der Waals surface area contributed by atoms with Gasteiger partial charge in [-0.3, -0.25) is 0 Å². The van der Waals surface area contributed by atoms with Crippen LogP contribution in [-0.4, -0.2) is 4.57 Å². The highest BCUT2D eigenvalue weighted by atomic mass is 15.1. The quantitative estimate of drug-likeness (QED) is 0.158. The first-order valence-corrected chi connectivity index (χ1v) is 19.9. The van der Waals surface area contributed by atoms with E-state index in [1.165, 1.54) is 76.7 Å². The van der Waals surface area contributed by atoms with Crippen LogP contribution in [0.15, 0.2) is 231 Å². The third-order valence-corrected chi connectivity index (χ3v) is 11.5. The van der Waals surface area contributed by atoms with Gasteiger partial charge >= 0.3 is 0 Å². The Kier molecular flexibility index (Phi) is 8.19. The van der Waals surface area contributed by atoms with Crippen LogP contribution in [0, 0.1) is 0 Å². The summed E-state index contributed by atoms with van der Waals surface area (Å²) in [6, 6.07) is 83.7. The number of nitrogens with zero attached hydrogens (tertiary/aromatic N) is 2. The molecule has 0 aliphatic carbocycles. The van der Waals surface area contributed by atoms with E-state index in [2.05, 4.69) is 240 Å².